The summed E-state index contributed by atoms with van der Waals surface area (Å²) in [5, 5.41) is 0.641. The molecule has 3 rings (SSSR count). The third kappa shape index (κ3) is 2.40. The molecule has 0 fully saturated rings. The molecule has 0 saturated carbocycles. The molecule has 2 aromatic rings. The molecule has 0 aromatic heterocycles. The van der Waals surface area contributed by atoms with Gasteiger partial charge in [0.25, 0.3) is 5.91 Å². The van der Waals surface area contributed by atoms with Crippen molar-refractivity contribution in [2.75, 3.05) is 11.4 Å². The zero-order valence-corrected chi connectivity index (χ0v) is 12.4. The molecule has 0 saturated heterocycles. The highest BCUT2D eigenvalue weighted by atomic mass is 79.9. The van der Waals surface area contributed by atoms with E-state index in [1.165, 1.54) is 5.56 Å². The van der Waals surface area contributed by atoms with Gasteiger partial charge in [-0.3, -0.25) is 4.79 Å². The first-order chi connectivity index (χ1) is 9.15. The van der Waals surface area contributed by atoms with Crippen LogP contribution in [0.15, 0.2) is 46.9 Å². The molecule has 1 aliphatic rings. The number of hydrogen-bond acceptors (Lipinski definition) is 1. The first-order valence-electron chi connectivity index (χ1n) is 6.01. The molecule has 0 unspecified atom stereocenters. The van der Waals surface area contributed by atoms with Gasteiger partial charge in [-0.1, -0.05) is 27.5 Å². The second-order valence-corrected chi connectivity index (χ2v) is 5.84. The van der Waals surface area contributed by atoms with E-state index in [0.29, 0.717) is 10.6 Å². The van der Waals surface area contributed by atoms with E-state index in [4.69, 9.17) is 11.6 Å². The van der Waals surface area contributed by atoms with E-state index in [-0.39, 0.29) is 5.91 Å². The van der Waals surface area contributed by atoms with Crippen molar-refractivity contribution in [2.24, 2.45) is 0 Å². The third-order valence-electron chi connectivity index (χ3n) is 3.27. The fourth-order valence-electron chi connectivity index (χ4n) is 2.33. The fraction of sp³-hybridized carbons (Fsp3) is 0.133. The van der Waals surface area contributed by atoms with Crippen LogP contribution in [-0.2, 0) is 6.42 Å². The minimum atomic E-state index is 0.0257. The Kier molecular flexibility index (Phi) is 3.33. The van der Waals surface area contributed by atoms with Crippen LogP contribution in [0.5, 0.6) is 0 Å². The molecule has 1 heterocycles. The van der Waals surface area contributed by atoms with Crippen LogP contribution in [0, 0.1) is 0 Å². The average molecular weight is 337 g/mol. The van der Waals surface area contributed by atoms with Crippen molar-refractivity contribution in [3.63, 3.8) is 0 Å². The van der Waals surface area contributed by atoms with Crippen LogP contribution < -0.4 is 4.90 Å². The van der Waals surface area contributed by atoms with Crippen molar-refractivity contribution >= 4 is 39.1 Å². The Balaban J connectivity index is 1.93. The summed E-state index contributed by atoms with van der Waals surface area (Å²) in [6, 6.07) is 13.0. The fourth-order valence-corrected chi connectivity index (χ4v) is 2.86. The van der Waals surface area contributed by atoms with Crippen molar-refractivity contribution in [1.29, 1.82) is 0 Å². The molecule has 0 N–H and O–H groups in total. The highest BCUT2D eigenvalue weighted by Gasteiger charge is 2.25. The van der Waals surface area contributed by atoms with Crippen molar-refractivity contribution < 1.29 is 4.79 Å². The number of carbonyl (C=O) groups excluding carboxylic acids is 1. The molecule has 1 aliphatic heterocycles. The van der Waals surface area contributed by atoms with Gasteiger partial charge in [-0.2, -0.15) is 0 Å². The topological polar surface area (TPSA) is 20.3 Å². The largest absolute Gasteiger partial charge is 0.308 e. The van der Waals surface area contributed by atoms with Crippen LogP contribution in [0.4, 0.5) is 5.69 Å². The number of nitrogens with zero attached hydrogens (tertiary/aromatic N) is 1. The van der Waals surface area contributed by atoms with Gasteiger partial charge in [0.15, 0.2) is 0 Å². The van der Waals surface area contributed by atoms with Gasteiger partial charge in [0.2, 0.25) is 0 Å². The van der Waals surface area contributed by atoms with Gasteiger partial charge in [-0.15, -0.1) is 0 Å². The van der Waals surface area contributed by atoms with Crippen molar-refractivity contribution in [2.45, 2.75) is 6.42 Å². The highest BCUT2D eigenvalue weighted by molar-refractivity contribution is 9.10. The number of amides is 1. The standard InChI is InChI=1S/C15H11BrClNO/c16-12-3-6-14-11(9-12)7-8-18(14)15(19)10-1-4-13(17)5-2-10/h1-6,9H,7-8H2. The highest BCUT2D eigenvalue weighted by Crippen LogP contribution is 2.31. The summed E-state index contributed by atoms with van der Waals surface area (Å²) in [5.74, 6) is 0.0257. The number of benzene rings is 2. The molecule has 96 valence electrons. The summed E-state index contributed by atoms with van der Waals surface area (Å²) in [4.78, 5) is 14.3. The predicted octanol–water partition coefficient (Wildman–Crippen LogP) is 4.31. The van der Waals surface area contributed by atoms with E-state index in [9.17, 15) is 4.79 Å². The zero-order valence-electron chi connectivity index (χ0n) is 10.1. The lowest BCUT2D eigenvalue weighted by molar-refractivity contribution is 0.0989. The van der Waals surface area contributed by atoms with Gasteiger partial charge >= 0.3 is 0 Å². The lowest BCUT2D eigenvalue weighted by Gasteiger charge is -2.17. The summed E-state index contributed by atoms with van der Waals surface area (Å²) in [6.07, 6.45) is 0.897. The first kappa shape index (κ1) is 12.7. The van der Waals surface area contributed by atoms with E-state index in [1.54, 1.807) is 24.3 Å². The van der Waals surface area contributed by atoms with Crippen molar-refractivity contribution in [1.82, 2.24) is 0 Å². The maximum absolute atomic E-state index is 12.5. The van der Waals surface area contributed by atoms with Crippen molar-refractivity contribution in [3.8, 4) is 0 Å². The number of carbonyl (C=O) groups is 1. The van der Waals surface area contributed by atoms with E-state index < -0.39 is 0 Å². The second kappa shape index (κ2) is 4.99. The summed E-state index contributed by atoms with van der Waals surface area (Å²) in [7, 11) is 0. The molecule has 0 atom stereocenters. The first-order valence-corrected chi connectivity index (χ1v) is 7.18. The summed E-state index contributed by atoms with van der Waals surface area (Å²) in [6.45, 7) is 0.729. The number of fused-ring (bicyclic) bond motifs is 1. The lowest BCUT2D eigenvalue weighted by atomic mass is 10.1. The van der Waals surface area contributed by atoms with Crippen LogP contribution in [0.25, 0.3) is 0 Å². The molecule has 2 aromatic carbocycles. The smallest absolute Gasteiger partial charge is 0.258 e. The van der Waals surface area contributed by atoms with Crippen LogP contribution in [0.1, 0.15) is 15.9 Å². The Bertz CT molecular complexity index is 639. The van der Waals surface area contributed by atoms with Gasteiger partial charge in [0.1, 0.15) is 0 Å². The molecular weight excluding hydrogens is 326 g/mol. The third-order valence-corrected chi connectivity index (χ3v) is 4.02. The maximum atomic E-state index is 12.5. The maximum Gasteiger partial charge on any atom is 0.258 e. The molecule has 1 amide bonds. The Morgan fingerprint density at radius 1 is 1.16 bits per heavy atom. The van der Waals surface area contributed by atoms with Crippen LogP contribution >= 0.6 is 27.5 Å². The molecule has 2 nitrogen and oxygen atoms in total. The molecular formula is C15H11BrClNO. The van der Waals surface area contributed by atoms with Crippen LogP contribution in [0.3, 0.4) is 0 Å². The minimum Gasteiger partial charge on any atom is -0.308 e. The van der Waals surface area contributed by atoms with Gasteiger partial charge in [-0.05, 0) is 54.4 Å². The van der Waals surface area contributed by atoms with Crippen LogP contribution in [0.2, 0.25) is 5.02 Å². The predicted molar refractivity (Wildman–Crippen MR) is 81.0 cm³/mol. The van der Waals surface area contributed by atoms with Gasteiger partial charge in [-0.25, -0.2) is 0 Å². The Labute approximate surface area is 125 Å². The second-order valence-electron chi connectivity index (χ2n) is 4.49. The number of hydrogen-bond donors (Lipinski definition) is 0. The molecule has 19 heavy (non-hydrogen) atoms. The molecule has 0 bridgehead atoms. The normalized spacial score (nSPS) is 13.5. The number of anilines is 1. The minimum absolute atomic E-state index is 0.0257. The quantitative estimate of drug-likeness (QED) is 0.760. The Hall–Kier alpha value is -1.32. The van der Waals surface area contributed by atoms with Crippen molar-refractivity contribution in [3.05, 3.63) is 63.1 Å². The van der Waals surface area contributed by atoms with Gasteiger partial charge < -0.3 is 4.90 Å². The summed E-state index contributed by atoms with van der Waals surface area (Å²) in [5.41, 5.74) is 2.88. The van der Waals surface area contributed by atoms with E-state index in [2.05, 4.69) is 22.0 Å². The monoisotopic (exact) mass is 335 g/mol. The SMILES string of the molecule is O=C(c1ccc(Cl)cc1)N1CCc2cc(Br)ccc21. The Morgan fingerprint density at radius 2 is 1.89 bits per heavy atom. The van der Waals surface area contributed by atoms with Gasteiger partial charge in [0, 0.05) is 27.3 Å². The average Bonchev–Trinajstić information content (AvgIpc) is 2.81. The number of halogens is 2. The molecule has 0 aliphatic carbocycles. The van der Waals surface area contributed by atoms with E-state index in [0.717, 1.165) is 23.1 Å². The van der Waals surface area contributed by atoms with Crippen LogP contribution in [-0.4, -0.2) is 12.5 Å². The molecule has 0 spiro atoms. The summed E-state index contributed by atoms with van der Waals surface area (Å²) >= 11 is 9.30. The lowest BCUT2D eigenvalue weighted by Crippen LogP contribution is -2.28. The molecule has 0 radical (unpaired) electrons. The summed E-state index contributed by atoms with van der Waals surface area (Å²) < 4.78 is 1.05. The zero-order chi connectivity index (χ0) is 13.4. The molecule has 4 heteroatoms. The van der Waals surface area contributed by atoms with Gasteiger partial charge in [0.05, 0.1) is 0 Å². The van der Waals surface area contributed by atoms with E-state index >= 15 is 0 Å². The number of rotatable bonds is 1. The van der Waals surface area contributed by atoms with E-state index in [1.807, 2.05) is 17.0 Å². The Morgan fingerprint density at radius 3 is 2.63 bits per heavy atom.